The minimum atomic E-state index is 0.719. The second kappa shape index (κ2) is 6.91. The van der Waals surface area contributed by atoms with Crippen LogP contribution in [0.1, 0.15) is 43.2 Å². The fourth-order valence-electron chi connectivity index (χ4n) is 2.71. The van der Waals surface area contributed by atoms with Crippen molar-refractivity contribution in [3.8, 4) is 0 Å². The summed E-state index contributed by atoms with van der Waals surface area (Å²) in [6, 6.07) is 9.51. The van der Waals surface area contributed by atoms with Crippen LogP contribution in [0.4, 0.5) is 0 Å². The summed E-state index contributed by atoms with van der Waals surface area (Å²) < 4.78 is 5.33. The molecule has 0 radical (unpaired) electrons. The summed E-state index contributed by atoms with van der Waals surface area (Å²) in [5.74, 6) is 0.774. The highest BCUT2D eigenvalue weighted by atomic mass is 16.5. The third-order valence-electron chi connectivity index (χ3n) is 3.87. The molecule has 0 heterocycles. The Morgan fingerprint density at radius 1 is 1.28 bits per heavy atom. The minimum absolute atomic E-state index is 0.719. The zero-order valence-electron chi connectivity index (χ0n) is 11.6. The van der Waals surface area contributed by atoms with Gasteiger partial charge in [0.25, 0.3) is 0 Å². The highest BCUT2D eigenvalue weighted by Crippen LogP contribution is 2.38. The third-order valence-corrected chi connectivity index (χ3v) is 3.87. The van der Waals surface area contributed by atoms with Gasteiger partial charge in [-0.3, -0.25) is 0 Å². The molecule has 1 fully saturated rings. The number of rotatable bonds is 7. The molecule has 1 N–H and O–H groups in total. The van der Waals surface area contributed by atoms with Gasteiger partial charge >= 0.3 is 0 Å². The van der Waals surface area contributed by atoms with Crippen LogP contribution in [0.3, 0.4) is 0 Å². The molecule has 0 aromatic heterocycles. The maximum atomic E-state index is 5.33. The van der Waals surface area contributed by atoms with Gasteiger partial charge in [-0.05, 0) is 56.7 Å². The summed E-state index contributed by atoms with van der Waals surface area (Å²) in [5, 5.41) is 3.62. The van der Waals surface area contributed by atoms with Crippen molar-refractivity contribution in [1.29, 1.82) is 0 Å². The molecule has 0 saturated heterocycles. The molecule has 1 saturated carbocycles. The molecular formula is C16H25NO. The Morgan fingerprint density at radius 3 is 2.78 bits per heavy atom. The number of benzene rings is 1. The average Bonchev–Trinajstić information content (AvgIpc) is 2.33. The van der Waals surface area contributed by atoms with Crippen molar-refractivity contribution in [2.75, 3.05) is 19.8 Å². The Bertz CT molecular complexity index is 358. The molecule has 1 aliphatic carbocycles. The van der Waals surface area contributed by atoms with Gasteiger partial charge in [-0.2, -0.15) is 0 Å². The van der Waals surface area contributed by atoms with Crippen molar-refractivity contribution >= 4 is 0 Å². The van der Waals surface area contributed by atoms with Crippen LogP contribution in [0.15, 0.2) is 24.3 Å². The van der Waals surface area contributed by atoms with E-state index in [2.05, 4.69) is 36.5 Å². The predicted molar refractivity (Wildman–Crippen MR) is 76.1 cm³/mol. The first kappa shape index (κ1) is 13.6. The Kier molecular flexibility index (Phi) is 5.21. The van der Waals surface area contributed by atoms with E-state index in [1.165, 1.54) is 18.4 Å². The highest BCUT2D eigenvalue weighted by Gasteiger charge is 2.30. The van der Waals surface area contributed by atoms with Crippen LogP contribution in [0, 0.1) is 6.92 Å². The second-order valence-electron chi connectivity index (χ2n) is 5.23. The maximum Gasteiger partial charge on any atom is 0.0477 e. The third kappa shape index (κ3) is 3.56. The van der Waals surface area contributed by atoms with Gasteiger partial charge in [0, 0.05) is 19.3 Å². The Balaban J connectivity index is 1.64. The lowest BCUT2D eigenvalue weighted by Crippen LogP contribution is -2.40. The Hall–Kier alpha value is -0.860. The van der Waals surface area contributed by atoms with Gasteiger partial charge in [-0.15, -0.1) is 0 Å². The lowest BCUT2D eigenvalue weighted by Gasteiger charge is -2.37. The van der Waals surface area contributed by atoms with Crippen LogP contribution in [-0.4, -0.2) is 25.8 Å². The molecule has 0 amide bonds. The van der Waals surface area contributed by atoms with Crippen molar-refractivity contribution in [3.63, 3.8) is 0 Å². The zero-order chi connectivity index (χ0) is 12.8. The molecule has 100 valence electrons. The van der Waals surface area contributed by atoms with Gasteiger partial charge in [0.1, 0.15) is 0 Å². The van der Waals surface area contributed by atoms with E-state index in [0.717, 1.165) is 38.1 Å². The molecule has 0 unspecified atom stereocenters. The van der Waals surface area contributed by atoms with Crippen LogP contribution in [0.2, 0.25) is 0 Å². The van der Waals surface area contributed by atoms with Crippen LogP contribution in [-0.2, 0) is 4.74 Å². The van der Waals surface area contributed by atoms with Crippen LogP contribution < -0.4 is 5.32 Å². The summed E-state index contributed by atoms with van der Waals surface area (Å²) in [6.45, 7) is 7.08. The molecule has 2 rings (SSSR count). The fraction of sp³-hybridized carbons (Fsp3) is 0.625. The Labute approximate surface area is 111 Å². The minimum Gasteiger partial charge on any atom is -0.382 e. The first-order chi connectivity index (χ1) is 8.81. The summed E-state index contributed by atoms with van der Waals surface area (Å²) in [4.78, 5) is 0. The van der Waals surface area contributed by atoms with E-state index in [0.29, 0.717) is 0 Å². The first-order valence-corrected chi connectivity index (χ1v) is 7.18. The molecule has 0 atom stereocenters. The SMILES string of the molecule is CCOCCCNC1CC(c2ccccc2C)C1. The van der Waals surface area contributed by atoms with Gasteiger partial charge in [-0.25, -0.2) is 0 Å². The van der Waals surface area contributed by atoms with Crippen LogP contribution >= 0.6 is 0 Å². The second-order valence-corrected chi connectivity index (χ2v) is 5.23. The molecule has 0 aliphatic heterocycles. The molecule has 1 aromatic rings. The largest absolute Gasteiger partial charge is 0.382 e. The van der Waals surface area contributed by atoms with Crippen LogP contribution in [0.5, 0.6) is 0 Å². The molecule has 18 heavy (non-hydrogen) atoms. The lowest BCUT2D eigenvalue weighted by atomic mass is 9.74. The number of hydrogen-bond acceptors (Lipinski definition) is 2. The van der Waals surface area contributed by atoms with Crippen molar-refractivity contribution in [2.24, 2.45) is 0 Å². The Morgan fingerprint density at radius 2 is 2.06 bits per heavy atom. The van der Waals surface area contributed by atoms with E-state index >= 15 is 0 Å². The van der Waals surface area contributed by atoms with E-state index in [1.807, 2.05) is 6.92 Å². The van der Waals surface area contributed by atoms with Gasteiger partial charge in [0.15, 0.2) is 0 Å². The standard InChI is InChI=1S/C16H25NO/c1-3-18-10-6-9-17-15-11-14(12-15)16-8-5-4-7-13(16)2/h4-5,7-8,14-15,17H,3,6,9-12H2,1-2H3. The summed E-state index contributed by atoms with van der Waals surface area (Å²) >= 11 is 0. The quantitative estimate of drug-likeness (QED) is 0.747. The van der Waals surface area contributed by atoms with E-state index in [1.54, 1.807) is 5.56 Å². The van der Waals surface area contributed by atoms with Crippen molar-refractivity contribution in [1.82, 2.24) is 5.32 Å². The molecule has 2 heteroatoms. The zero-order valence-corrected chi connectivity index (χ0v) is 11.6. The molecular weight excluding hydrogens is 222 g/mol. The number of nitrogens with one attached hydrogen (secondary N) is 1. The van der Waals surface area contributed by atoms with E-state index < -0.39 is 0 Å². The molecule has 0 spiro atoms. The highest BCUT2D eigenvalue weighted by molar-refractivity contribution is 5.31. The van der Waals surface area contributed by atoms with Gasteiger partial charge in [0.2, 0.25) is 0 Å². The summed E-state index contributed by atoms with van der Waals surface area (Å²) in [7, 11) is 0. The predicted octanol–water partition coefficient (Wildman–Crippen LogP) is 3.26. The van der Waals surface area contributed by atoms with E-state index in [9.17, 15) is 0 Å². The first-order valence-electron chi connectivity index (χ1n) is 7.18. The van der Waals surface area contributed by atoms with Crippen LogP contribution in [0.25, 0.3) is 0 Å². The topological polar surface area (TPSA) is 21.3 Å². The number of hydrogen-bond donors (Lipinski definition) is 1. The lowest BCUT2D eigenvalue weighted by molar-refractivity contribution is 0.142. The average molecular weight is 247 g/mol. The van der Waals surface area contributed by atoms with Crippen molar-refractivity contribution in [3.05, 3.63) is 35.4 Å². The normalized spacial score (nSPS) is 22.8. The molecule has 0 bridgehead atoms. The summed E-state index contributed by atoms with van der Waals surface area (Å²) in [6.07, 6.45) is 3.71. The van der Waals surface area contributed by atoms with Gasteiger partial charge < -0.3 is 10.1 Å². The van der Waals surface area contributed by atoms with Crippen molar-refractivity contribution < 1.29 is 4.74 Å². The van der Waals surface area contributed by atoms with Crippen molar-refractivity contribution in [2.45, 2.75) is 45.1 Å². The molecule has 2 nitrogen and oxygen atoms in total. The summed E-state index contributed by atoms with van der Waals surface area (Å²) in [5.41, 5.74) is 2.99. The molecule has 1 aliphatic rings. The fourth-order valence-corrected chi connectivity index (χ4v) is 2.71. The smallest absolute Gasteiger partial charge is 0.0477 e. The maximum absolute atomic E-state index is 5.33. The van der Waals surface area contributed by atoms with E-state index in [4.69, 9.17) is 4.74 Å². The number of ether oxygens (including phenoxy) is 1. The monoisotopic (exact) mass is 247 g/mol. The molecule has 1 aromatic carbocycles. The van der Waals surface area contributed by atoms with Gasteiger partial charge in [0.05, 0.1) is 0 Å². The number of aryl methyl sites for hydroxylation is 1. The van der Waals surface area contributed by atoms with Gasteiger partial charge in [-0.1, -0.05) is 24.3 Å². The van der Waals surface area contributed by atoms with E-state index in [-0.39, 0.29) is 0 Å².